The lowest BCUT2D eigenvalue weighted by Crippen LogP contribution is -2.19. The van der Waals surface area contributed by atoms with Crippen molar-refractivity contribution in [2.45, 2.75) is 13.0 Å². The highest BCUT2D eigenvalue weighted by molar-refractivity contribution is 6.31. The highest BCUT2D eigenvalue weighted by Crippen LogP contribution is 2.33. The van der Waals surface area contributed by atoms with E-state index in [1.807, 2.05) is 18.2 Å². The Bertz CT molecular complexity index is 1070. The van der Waals surface area contributed by atoms with E-state index in [-0.39, 0.29) is 5.75 Å². The number of carbonyl (C=O) groups is 1. The van der Waals surface area contributed by atoms with Crippen LogP contribution in [0.15, 0.2) is 60.7 Å². The van der Waals surface area contributed by atoms with E-state index in [9.17, 15) is 9.90 Å². The summed E-state index contributed by atoms with van der Waals surface area (Å²) < 4.78 is 4.86. The molecule has 6 heteroatoms. The summed E-state index contributed by atoms with van der Waals surface area (Å²) in [6.45, 7) is 1.67. The second-order valence-electron chi connectivity index (χ2n) is 6.99. The van der Waals surface area contributed by atoms with Gasteiger partial charge in [0, 0.05) is 29.5 Å². The molecule has 0 amide bonds. The maximum absolute atomic E-state index is 12.1. The number of halogens is 1. The molecule has 4 rings (SSSR count). The van der Waals surface area contributed by atoms with Crippen LogP contribution in [0.5, 0.6) is 5.75 Å². The first-order valence-electron chi connectivity index (χ1n) is 9.34. The molecule has 3 aromatic rings. The fraction of sp³-hybridized carbons (Fsp3) is 0.174. The van der Waals surface area contributed by atoms with Crippen molar-refractivity contribution in [1.29, 1.82) is 0 Å². The zero-order chi connectivity index (χ0) is 20.4. The number of nitrogens with one attached hydrogen (secondary N) is 1. The number of hydrogen-bond donors (Lipinski definition) is 2. The highest BCUT2D eigenvalue weighted by atomic mass is 35.5. The Morgan fingerprint density at radius 1 is 1.17 bits per heavy atom. The van der Waals surface area contributed by atoms with Crippen molar-refractivity contribution in [3.8, 4) is 5.75 Å². The van der Waals surface area contributed by atoms with Crippen LogP contribution in [-0.2, 0) is 17.7 Å². The summed E-state index contributed by atoms with van der Waals surface area (Å²) in [5.41, 5.74) is 5.44. The second kappa shape index (κ2) is 8.05. The van der Waals surface area contributed by atoms with E-state index in [4.69, 9.17) is 16.3 Å². The lowest BCUT2D eigenvalue weighted by molar-refractivity contribution is 0.0602. The SMILES string of the molecule is COC(=O)c1cc(Cl)ccc1Nc1ccc2c(c1)CCN2Cc1cccc(O)c1. The van der Waals surface area contributed by atoms with E-state index < -0.39 is 5.97 Å². The van der Waals surface area contributed by atoms with E-state index in [1.165, 1.54) is 18.4 Å². The predicted octanol–water partition coefficient (Wildman–Crippen LogP) is 5.14. The number of nitrogens with zero attached hydrogens (tertiary/aromatic N) is 1. The van der Waals surface area contributed by atoms with Crippen molar-refractivity contribution in [3.05, 3.63) is 82.4 Å². The number of phenols is 1. The maximum Gasteiger partial charge on any atom is 0.340 e. The Labute approximate surface area is 174 Å². The summed E-state index contributed by atoms with van der Waals surface area (Å²) in [4.78, 5) is 14.4. The van der Waals surface area contributed by atoms with E-state index in [0.717, 1.165) is 30.8 Å². The average Bonchev–Trinajstić information content (AvgIpc) is 3.10. The molecular weight excluding hydrogens is 388 g/mol. The summed E-state index contributed by atoms with van der Waals surface area (Å²) >= 11 is 6.03. The second-order valence-corrected chi connectivity index (χ2v) is 7.43. The van der Waals surface area contributed by atoms with E-state index in [0.29, 0.717) is 16.3 Å². The smallest absolute Gasteiger partial charge is 0.340 e. The molecule has 0 bridgehead atoms. The molecule has 29 heavy (non-hydrogen) atoms. The van der Waals surface area contributed by atoms with Crippen LogP contribution in [0, 0.1) is 0 Å². The van der Waals surface area contributed by atoms with Gasteiger partial charge in [0.15, 0.2) is 0 Å². The number of carbonyl (C=O) groups excluding carboxylic acids is 1. The molecule has 0 fully saturated rings. The summed E-state index contributed by atoms with van der Waals surface area (Å²) in [5.74, 6) is -0.153. The zero-order valence-electron chi connectivity index (χ0n) is 16.0. The first-order valence-corrected chi connectivity index (χ1v) is 9.72. The topological polar surface area (TPSA) is 61.8 Å². The van der Waals surface area contributed by atoms with Crippen molar-refractivity contribution in [2.24, 2.45) is 0 Å². The number of methoxy groups -OCH3 is 1. The lowest BCUT2D eigenvalue weighted by Gasteiger charge is -2.20. The highest BCUT2D eigenvalue weighted by Gasteiger charge is 2.20. The molecule has 1 aliphatic rings. The third kappa shape index (κ3) is 4.15. The third-order valence-corrected chi connectivity index (χ3v) is 5.26. The molecule has 0 radical (unpaired) electrons. The molecule has 0 atom stereocenters. The molecule has 148 valence electrons. The van der Waals surface area contributed by atoms with Gasteiger partial charge in [0.05, 0.1) is 18.4 Å². The van der Waals surface area contributed by atoms with Crippen LogP contribution in [0.25, 0.3) is 0 Å². The first-order chi connectivity index (χ1) is 14.0. The van der Waals surface area contributed by atoms with Crippen LogP contribution in [0.3, 0.4) is 0 Å². The van der Waals surface area contributed by atoms with Crippen molar-refractivity contribution in [3.63, 3.8) is 0 Å². The van der Waals surface area contributed by atoms with Crippen molar-refractivity contribution >= 4 is 34.6 Å². The minimum Gasteiger partial charge on any atom is -0.508 e. The molecule has 0 aliphatic carbocycles. The Hall–Kier alpha value is -3.18. The maximum atomic E-state index is 12.1. The predicted molar refractivity (Wildman–Crippen MR) is 115 cm³/mol. The van der Waals surface area contributed by atoms with Gasteiger partial charge >= 0.3 is 5.97 Å². The van der Waals surface area contributed by atoms with Crippen molar-refractivity contribution in [2.75, 3.05) is 23.9 Å². The summed E-state index contributed by atoms with van der Waals surface area (Å²) in [6.07, 6.45) is 0.939. The van der Waals surface area contributed by atoms with Crippen LogP contribution in [-0.4, -0.2) is 24.7 Å². The summed E-state index contributed by atoms with van der Waals surface area (Å²) in [7, 11) is 1.35. The minimum atomic E-state index is -0.437. The van der Waals surface area contributed by atoms with Gasteiger partial charge < -0.3 is 20.1 Å². The standard InChI is InChI=1S/C23H21ClN2O3/c1-29-23(28)20-13-17(24)5-7-21(20)25-18-6-8-22-16(12-18)9-10-26(22)14-15-3-2-4-19(27)11-15/h2-8,11-13,25,27H,9-10,14H2,1H3. The molecule has 5 nitrogen and oxygen atoms in total. The number of fused-ring (bicyclic) bond motifs is 1. The van der Waals surface area contributed by atoms with Gasteiger partial charge in [0.1, 0.15) is 5.75 Å². The van der Waals surface area contributed by atoms with E-state index in [2.05, 4.69) is 22.3 Å². The molecule has 0 unspecified atom stereocenters. The fourth-order valence-corrected chi connectivity index (χ4v) is 3.82. The number of phenolic OH excluding ortho intramolecular Hbond substituents is 1. The Morgan fingerprint density at radius 3 is 2.83 bits per heavy atom. The van der Waals surface area contributed by atoms with Crippen LogP contribution >= 0.6 is 11.6 Å². The van der Waals surface area contributed by atoms with Crippen LogP contribution < -0.4 is 10.2 Å². The molecule has 0 saturated heterocycles. The monoisotopic (exact) mass is 408 g/mol. The Kier molecular flexibility index (Phi) is 5.32. The van der Waals surface area contributed by atoms with Gasteiger partial charge in [-0.25, -0.2) is 4.79 Å². The molecule has 0 aromatic heterocycles. The van der Waals surface area contributed by atoms with Gasteiger partial charge in [-0.2, -0.15) is 0 Å². The van der Waals surface area contributed by atoms with Crippen LogP contribution in [0.1, 0.15) is 21.5 Å². The fourth-order valence-electron chi connectivity index (χ4n) is 3.65. The number of rotatable bonds is 5. The average molecular weight is 409 g/mol. The van der Waals surface area contributed by atoms with E-state index >= 15 is 0 Å². The van der Waals surface area contributed by atoms with Crippen molar-refractivity contribution < 1.29 is 14.6 Å². The van der Waals surface area contributed by atoms with Gasteiger partial charge in [-0.3, -0.25) is 0 Å². The van der Waals surface area contributed by atoms with Gasteiger partial charge in [-0.05, 0) is 66.1 Å². The zero-order valence-corrected chi connectivity index (χ0v) is 16.7. The first kappa shape index (κ1) is 19.2. The van der Waals surface area contributed by atoms with E-state index in [1.54, 1.807) is 30.3 Å². The minimum absolute atomic E-state index is 0.283. The number of benzene rings is 3. The van der Waals surface area contributed by atoms with Gasteiger partial charge in [-0.15, -0.1) is 0 Å². The van der Waals surface area contributed by atoms with Gasteiger partial charge in [0.25, 0.3) is 0 Å². The van der Waals surface area contributed by atoms with Gasteiger partial charge in [0.2, 0.25) is 0 Å². The Morgan fingerprint density at radius 2 is 2.03 bits per heavy atom. The van der Waals surface area contributed by atoms with Gasteiger partial charge in [-0.1, -0.05) is 23.7 Å². The number of ether oxygens (including phenoxy) is 1. The number of hydrogen-bond acceptors (Lipinski definition) is 5. The molecule has 0 spiro atoms. The van der Waals surface area contributed by atoms with Crippen molar-refractivity contribution in [1.82, 2.24) is 0 Å². The Balaban J connectivity index is 1.55. The number of aromatic hydroxyl groups is 1. The lowest BCUT2D eigenvalue weighted by atomic mass is 10.1. The molecule has 2 N–H and O–H groups in total. The quantitative estimate of drug-likeness (QED) is 0.572. The largest absolute Gasteiger partial charge is 0.508 e. The number of esters is 1. The van der Waals surface area contributed by atoms with Crippen LogP contribution in [0.2, 0.25) is 5.02 Å². The molecule has 1 aliphatic heterocycles. The third-order valence-electron chi connectivity index (χ3n) is 5.02. The summed E-state index contributed by atoms with van der Waals surface area (Å²) in [6, 6.07) is 18.6. The van der Waals surface area contributed by atoms with Crippen LogP contribution in [0.4, 0.5) is 17.1 Å². The molecule has 1 heterocycles. The normalized spacial score (nSPS) is 12.6. The number of anilines is 3. The molecular formula is C23H21ClN2O3. The molecule has 0 saturated carbocycles. The molecule has 3 aromatic carbocycles. The summed E-state index contributed by atoms with van der Waals surface area (Å²) in [5, 5.41) is 13.5.